The molecule has 2 nitrogen and oxygen atoms in total. The van der Waals surface area contributed by atoms with Crippen molar-refractivity contribution in [3.8, 4) is 0 Å². The van der Waals surface area contributed by atoms with E-state index in [0.29, 0.717) is 0 Å². The fraction of sp³-hybridized carbons (Fsp3) is 0.278. The Morgan fingerprint density at radius 1 is 1.05 bits per heavy atom. The largest absolute Gasteiger partial charge is 0.465 e. The Morgan fingerprint density at radius 3 is 2.57 bits per heavy atom. The number of esters is 1. The molecule has 0 aliphatic heterocycles. The molecule has 0 fully saturated rings. The van der Waals surface area contributed by atoms with Crippen LogP contribution in [0.1, 0.15) is 34.3 Å². The quantitative estimate of drug-likeness (QED) is 0.780. The molecule has 21 heavy (non-hydrogen) atoms. The van der Waals surface area contributed by atoms with Crippen molar-refractivity contribution in [2.24, 2.45) is 0 Å². The molecular formula is C18H18O2S. The molecule has 1 aliphatic rings. The van der Waals surface area contributed by atoms with Gasteiger partial charge in [0.2, 0.25) is 0 Å². The first-order valence-electron chi connectivity index (χ1n) is 7.25. The van der Waals surface area contributed by atoms with Gasteiger partial charge in [-0.15, -0.1) is 0 Å². The van der Waals surface area contributed by atoms with Gasteiger partial charge in [-0.2, -0.15) is 0 Å². The lowest BCUT2D eigenvalue weighted by atomic mass is 9.88. The van der Waals surface area contributed by atoms with Crippen molar-refractivity contribution in [1.29, 1.82) is 0 Å². The molecule has 0 N–H and O–H groups in total. The number of benzene rings is 2. The maximum atomic E-state index is 12.3. The van der Waals surface area contributed by atoms with Crippen LogP contribution >= 0.6 is 11.8 Å². The van der Waals surface area contributed by atoms with Crippen molar-refractivity contribution in [1.82, 2.24) is 0 Å². The lowest BCUT2D eigenvalue weighted by molar-refractivity contribution is 0.0595. The molecule has 0 saturated carbocycles. The van der Waals surface area contributed by atoms with E-state index in [1.807, 2.05) is 18.2 Å². The Kier molecular flexibility index (Phi) is 4.30. The van der Waals surface area contributed by atoms with Gasteiger partial charge in [0, 0.05) is 9.79 Å². The molecule has 3 heteroatoms. The highest BCUT2D eigenvalue weighted by Gasteiger charge is 2.22. The molecule has 0 heterocycles. The van der Waals surface area contributed by atoms with Crippen LogP contribution in [-0.4, -0.2) is 13.1 Å². The predicted octanol–water partition coefficient (Wildman–Crippen LogP) is 4.50. The Morgan fingerprint density at radius 2 is 1.81 bits per heavy atom. The lowest BCUT2D eigenvalue weighted by Crippen LogP contribution is -2.13. The molecule has 0 spiro atoms. The third-order valence-corrected chi connectivity index (χ3v) is 4.92. The highest BCUT2D eigenvalue weighted by molar-refractivity contribution is 7.99. The van der Waals surface area contributed by atoms with E-state index in [0.717, 1.165) is 34.6 Å². The maximum absolute atomic E-state index is 12.3. The zero-order valence-electron chi connectivity index (χ0n) is 12.1. The number of carbonyl (C=O) groups excluding carboxylic acids is 1. The lowest BCUT2D eigenvalue weighted by Gasteiger charge is -2.20. The Labute approximate surface area is 129 Å². The molecule has 0 unspecified atom stereocenters. The minimum Gasteiger partial charge on any atom is -0.465 e. The summed E-state index contributed by atoms with van der Waals surface area (Å²) in [5, 5.41) is 0. The van der Waals surface area contributed by atoms with Gasteiger partial charge < -0.3 is 4.74 Å². The molecule has 0 amide bonds. The molecule has 2 aromatic rings. The van der Waals surface area contributed by atoms with Gasteiger partial charge in [-0.05, 0) is 55.0 Å². The average molecular weight is 298 g/mol. The monoisotopic (exact) mass is 298 g/mol. The molecule has 0 bridgehead atoms. The third-order valence-electron chi connectivity index (χ3n) is 3.86. The maximum Gasteiger partial charge on any atom is 0.339 e. The number of fused-ring (bicyclic) bond motifs is 1. The van der Waals surface area contributed by atoms with Crippen LogP contribution < -0.4 is 0 Å². The Bertz CT molecular complexity index is 650. The van der Waals surface area contributed by atoms with E-state index in [9.17, 15) is 4.79 Å². The van der Waals surface area contributed by atoms with Gasteiger partial charge >= 0.3 is 5.97 Å². The van der Waals surface area contributed by atoms with Crippen LogP contribution in [0.15, 0.2) is 52.3 Å². The second-order valence-electron chi connectivity index (χ2n) is 5.19. The third kappa shape index (κ3) is 2.98. The van der Waals surface area contributed by atoms with Crippen LogP contribution in [0.5, 0.6) is 0 Å². The second kappa shape index (κ2) is 6.35. The van der Waals surface area contributed by atoms with Crippen molar-refractivity contribution >= 4 is 17.7 Å². The van der Waals surface area contributed by atoms with E-state index >= 15 is 0 Å². The Balaban J connectivity index is 2.05. The number of hydrogen-bond acceptors (Lipinski definition) is 3. The second-order valence-corrected chi connectivity index (χ2v) is 6.31. The first kappa shape index (κ1) is 14.2. The molecule has 0 atom stereocenters. The summed E-state index contributed by atoms with van der Waals surface area (Å²) in [5.41, 5.74) is 3.26. The normalized spacial score (nSPS) is 13.6. The van der Waals surface area contributed by atoms with E-state index in [4.69, 9.17) is 4.74 Å². The summed E-state index contributed by atoms with van der Waals surface area (Å²) in [4.78, 5) is 14.4. The predicted molar refractivity (Wildman–Crippen MR) is 85.0 cm³/mol. The van der Waals surface area contributed by atoms with Crippen molar-refractivity contribution in [2.45, 2.75) is 35.5 Å². The minimum absolute atomic E-state index is 0.216. The molecular weight excluding hydrogens is 280 g/mol. The summed E-state index contributed by atoms with van der Waals surface area (Å²) in [7, 11) is 1.46. The molecule has 3 rings (SSSR count). The molecule has 1 aliphatic carbocycles. The van der Waals surface area contributed by atoms with Crippen LogP contribution in [0.2, 0.25) is 0 Å². The fourth-order valence-electron chi connectivity index (χ4n) is 2.83. The zero-order chi connectivity index (χ0) is 14.7. The highest BCUT2D eigenvalue weighted by atomic mass is 32.2. The first-order chi connectivity index (χ1) is 10.3. The van der Waals surface area contributed by atoms with Gasteiger partial charge in [-0.1, -0.05) is 36.0 Å². The van der Waals surface area contributed by atoms with Gasteiger partial charge in [-0.3, -0.25) is 0 Å². The topological polar surface area (TPSA) is 26.3 Å². The van der Waals surface area contributed by atoms with Crippen molar-refractivity contribution in [3.63, 3.8) is 0 Å². The van der Waals surface area contributed by atoms with Crippen LogP contribution in [0.3, 0.4) is 0 Å². The van der Waals surface area contributed by atoms with Crippen LogP contribution in [0.25, 0.3) is 0 Å². The number of rotatable bonds is 3. The number of aryl methyl sites for hydroxylation is 1. The van der Waals surface area contributed by atoms with Crippen molar-refractivity contribution in [3.05, 3.63) is 59.2 Å². The summed E-state index contributed by atoms with van der Waals surface area (Å²) < 4.78 is 5.03. The van der Waals surface area contributed by atoms with Gasteiger partial charge in [0.25, 0.3) is 0 Å². The standard InChI is InChI=1S/C18H18O2S/c1-20-18(19)17-15-10-6-5-7-13(15)11-12-16(17)21-14-8-3-2-4-9-14/h2-4,8-9,11-12H,5-7,10H2,1H3. The summed E-state index contributed by atoms with van der Waals surface area (Å²) in [6.07, 6.45) is 4.40. The SMILES string of the molecule is COC(=O)c1c(Sc2ccccc2)ccc2c1CCCC2. The summed E-state index contributed by atoms with van der Waals surface area (Å²) >= 11 is 1.63. The summed E-state index contributed by atoms with van der Waals surface area (Å²) in [5.74, 6) is -0.216. The molecule has 0 radical (unpaired) electrons. The van der Waals surface area contributed by atoms with Crippen molar-refractivity contribution in [2.75, 3.05) is 7.11 Å². The summed E-state index contributed by atoms with van der Waals surface area (Å²) in [6.45, 7) is 0. The van der Waals surface area contributed by atoms with E-state index in [2.05, 4.69) is 24.3 Å². The van der Waals surface area contributed by atoms with E-state index in [-0.39, 0.29) is 5.97 Å². The highest BCUT2D eigenvalue weighted by Crippen LogP contribution is 2.36. The van der Waals surface area contributed by atoms with Crippen LogP contribution in [-0.2, 0) is 17.6 Å². The minimum atomic E-state index is -0.216. The van der Waals surface area contributed by atoms with Gasteiger partial charge in [0.15, 0.2) is 0 Å². The van der Waals surface area contributed by atoms with Crippen molar-refractivity contribution < 1.29 is 9.53 Å². The first-order valence-corrected chi connectivity index (χ1v) is 8.07. The number of methoxy groups -OCH3 is 1. The fourth-order valence-corrected chi connectivity index (χ4v) is 3.82. The molecule has 0 aromatic heterocycles. The van der Waals surface area contributed by atoms with Gasteiger partial charge in [0.05, 0.1) is 12.7 Å². The summed E-state index contributed by atoms with van der Waals surface area (Å²) in [6, 6.07) is 14.4. The van der Waals surface area contributed by atoms with E-state index < -0.39 is 0 Å². The van der Waals surface area contributed by atoms with Crippen LogP contribution in [0.4, 0.5) is 0 Å². The molecule has 0 saturated heterocycles. The van der Waals surface area contributed by atoms with Gasteiger partial charge in [-0.25, -0.2) is 4.79 Å². The average Bonchev–Trinajstić information content (AvgIpc) is 2.55. The zero-order valence-corrected chi connectivity index (χ0v) is 12.9. The Hall–Kier alpha value is -1.74. The van der Waals surface area contributed by atoms with Crippen LogP contribution in [0, 0.1) is 0 Å². The van der Waals surface area contributed by atoms with E-state index in [1.54, 1.807) is 11.8 Å². The van der Waals surface area contributed by atoms with E-state index in [1.165, 1.54) is 24.7 Å². The number of carbonyl (C=O) groups is 1. The molecule has 2 aromatic carbocycles. The molecule has 108 valence electrons. The number of ether oxygens (including phenoxy) is 1. The number of hydrogen-bond donors (Lipinski definition) is 0. The van der Waals surface area contributed by atoms with Gasteiger partial charge in [0.1, 0.15) is 0 Å². The smallest absolute Gasteiger partial charge is 0.339 e.